The molecule has 0 radical (unpaired) electrons. The molecule has 5 heterocycles. The summed E-state index contributed by atoms with van der Waals surface area (Å²) in [5, 5.41) is 76.4. The molecule has 7 N–H and O–H groups in total. The zero-order chi connectivity index (χ0) is 46.9. The molecule has 2 aromatic carbocycles. The van der Waals surface area contributed by atoms with E-state index in [0.717, 1.165) is 24.0 Å². The lowest BCUT2D eigenvalue weighted by atomic mass is 9.94. The van der Waals surface area contributed by atoms with Gasteiger partial charge in [0, 0.05) is 12.8 Å². The Bertz CT molecular complexity index is 2090. The molecule has 4 aliphatic rings. The molecule has 1 aromatic heterocycles. The number of hydrogen-bond acceptors (Lipinski definition) is 15. The maximum atomic E-state index is 11.5. The van der Waals surface area contributed by atoms with Crippen molar-refractivity contribution in [1.82, 2.24) is 0 Å². The van der Waals surface area contributed by atoms with Crippen LogP contribution in [0.25, 0.3) is 27.5 Å². The highest BCUT2D eigenvalue weighted by Gasteiger charge is 2.47. The first kappa shape index (κ1) is 49.7. The summed E-state index contributed by atoms with van der Waals surface area (Å²) in [5.41, 5.74) is 3.34. The minimum Gasteiger partial charge on any atom is -0.507 e. The van der Waals surface area contributed by atoms with Crippen LogP contribution in [-0.2, 0) is 39.6 Å². The summed E-state index contributed by atoms with van der Waals surface area (Å²) in [6.45, 7) is 15.7. The third-order valence-electron chi connectivity index (χ3n) is 13.9. The fraction of sp³-hybridized carbons (Fsp3) is 0.680. The van der Waals surface area contributed by atoms with E-state index in [1.807, 2.05) is 52.0 Å². The molecule has 15 nitrogen and oxygen atoms in total. The molecule has 0 spiro atoms. The van der Waals surface area contributed by atoms with Gasteiger partial charge in [-0.3, -0.25) is 0 Å². The van der Waals surface area contributed by atoms with E-state index < -0.39 is 67.7 Å². The fourth-order valence-corrected chi connectivity index (χ4v) is 9.33. The number of allylic oxidation sites excluding steroid dienone is 4. The summed E-state index contributed by atoms with van der Waals surface area (Å²) < 4.78 is 48.0. The van der Waals surface area contributed by atoms with Crippen LogP contribution in [0, 0.1) is 17.8 Å². The van der Waals surface area contributed by atoms with Crippen LogP contribution >= 0.6 is 0 Å². The molecule has 15 heteroatoms. The number of aliphatic hydroxyl groups is 5. The Hall–Kier alpha value is -3.16. The number of furan rings is 1. The minimum atomic E-state index is -1.38. The number of aliphatic hydroxyl groups excluding tert-OH is 5. The van der Waals surface area contributed by atoms with Gasteiger partial charge in [0.15, 0.2) is 18.9 Å². The fourth-order valence-electron chi connectivity index (χ4n) is 9.33. The Morgan fingerprint density at radius 3 is 2.32 bits per heavy atom. The third-order valence-corrected chi connectivity index (χ3v) is 13.9. The standard InChI is InChI=1S/C50H72O15/c1-9-26(4)43(53)49-38(64-49)19-24(2)11-10-12-27(5)32-20-33(51)41-37(21-32)62-36-16-15-31(45(55)42(36)41)14-13-25(3)23-58-50-47(57)46(56)48(30(8)61-50)65-39-18-17-35(28(6)59-39)63-40-22-34(52)44(54)29(7)60-40/h10-12,15-16,20-21,24-26,28-30,34-35,38-40,43-44,46-57H,9,13-14,17-19,22-23H2,1-8H3/b11-10+,27-12+/t24-,25-,26-,28+,29-,30+,34-,35+,38+,39-,40+,43-,44-,46+,47-,48+,49-,50-/m1/s1. The highest BCUT2D eigenvalue weighted by molar-refractivity contribution is 6.12. The summed E-state index contributed by atoms with van der Waals surface area (Å²) >= 11 is 0. The number of aromatic hydroxyl groups is 2. The molecule has 0 saturated carbocycles. The van der Waals surface area contributed by atoms with Crippen molar-refractivity contribution >= 4 is 27.5 Å². The van der Waals surface area contributed by atoms with Crippen LogP contribution in [-0.4, -0.2) is 134 Å². The second-order valence-electron chi connectivity index (χ2n) is 19.2. The van der Waals surface area contributed by atoms with E-state index in [1.54, 1.807) is 26.0 Å². The minimum absolute atomic E-state index is 0.00617. The summed E-state index contributed by atoms with van der Waals surface area (Å²) in [6, 6.07) is 7.18. The van der Waals surface area contributed by atoms with Gasteiger partial charge in [-0.2, -0.15) is 0 Å². The normalized spacial score (nSPS) is 35.4. The molecule has 0 bridgehead atoms. The van der Waals surface area contributed by atoms with Gasteiger partial charge in [-0.05, 0) is 106 Å². The van der Waals surface area contributed by atoms with Gasteiger partial charge < -0.3 is 73.3 Å². The summed E-state index contributed by atoms with van der Waals surface area (Å²) in [4.78, 5) is 0. The van der Waals surface area contributed by atoms with Crippen LogP contribution in [0.4, 0.5) is 0 Å². The van der Waals surface area contributed by atoms with E-state index in [2.05, 4.69) is 19.9 Å². The molecule has 0 amide bonds. The quantitative estimate of drug-likeness (QED) is 0.0545. The lowest BCUT2D eigenvalue weighted by molar-refractivity contribution is -0.338. The first-order chi connectivity index (χ1) is 30.9. The molecule has 362 valence electrons. The molecular formula is C50H72O15. The predicted molar refractivity (Wildman–Crippen MR) is 242 cm³/mol. The lowest BCUT2D eigenvalue weighted by Crippen LogP contribution is -2.59. The Labute approximate surface area is 381 Å². The van der Waals surface area contributed by atoms with E-state index in [1.165, 1.54) is 0 Å². The molecule has 3 aromatic rings. The van der Waals surface area contributed by atoms with Crippen LogP contribution in [0.3, 0.4) is 0 Å². The lowest BCUT2D eigenvalue weighted by Gasteiger charge is -2.44. The van der Waals surface area contributed by atoms with Crippen molar-refractivity contribution < 1.29 is 73.3 Å². The first-order valence-electron chi connectivity index (χ1n) is 23.6. The maximum Gasteiger partial charge on any atom is 0.186 e. The summed E-state index contributed by atoms with van der Waals surface area (Å²) in [5.74, 6) is 0.504. The Morgan fingerprint density at radius 2 is 1.60 bits per heavy atom. The monoisotopic (exact) mass is 912 g/mol. The van der Waals surface area contributed by atoms with Gasteiger partial charge in [0.25, 0.3) is 0 Å². The molecule has 4 aliphatic heterocycles. The number of benzene rings is 2. The highest BCUT2D eigenvalue weighted by atomic mass is 16.7. The van der Waals surface area contributed by atoms with E-state index in [4.69, 9.17) is 37.6 Å². The van der Waals surface area contributed by atoms with Crippen molar-refractivity contribution in [3.05, 3.63) is 53.6 Å². The second kappa shape index (κ2) is 21.4. The number of epoxide rings is 1. The molecule has 65 heavy (non-hydrogen) atoms. The van der Waals surface area contributed by atoms with Gasteiger partial charge in [-0.15, -0.1) is 0 Å². The molecule has 7 rings (SSSR count). The number of phenolic OH excluding ortho intramolecular Hbond substituents is 2. The number of ether oxygens (including phenoxy) is 7. The number of rotatable bonds is 18. The number of hydrogen-bond donors (Lipinski definition) is 7. The van der Waals surface area contributed by atoms with Crippen LogP contribution in [0.1, 0.15) is 105 Å². The second-order valence-corrected chi connectivity index (χ2v) is 19.2. The van der Waals surface area contributed by atoms with E-state index in [9.17, 15) is 35.7 Å². The van der Waals surface area contributed by atoms with Crippen LogP contribution in [0.15, 0.2) is 46.9 Å². The molecule has 0 unspecified atom stereocenters. The Balaban J connectivity index is 0.877. The Kier molecular flexibility index (Phi) is 16.4. The maximum absolute atomic E-state index is 11.5. The predicted octanol–water partition coefficient (Wildman–Crippen LogP) is 6.36. The van der Waals surface area contributed by atoms with Gasteiger partial charge in [0.1, 0.15) is 53.2 Å². The van der Waals surface area contributed by atoms with Crippen molar-refractivity contribution in [3.8, 4) is 11.5 Å². The highest BCUT2D eigenvalue weighted by Crippen LogP contribution is 2.43. The Morgan fingerprint density at radius 1 is 0.846 bits per heavy atom. The number of phenols is 2. The van der Waals surface area contributed by atoms with Crippen molar-refractivity contribution in [2.24, 2.45) is 17.8 Å². The average Bonchev–Trinajstić information content (AvgIpc) is 3.92. The first-order valence-corrected chi connectivity index (χ1v) is 23.6. The average molecular weight is 913 g/mol. The summed E-state index contributed by atoms with van der Waals surface area (Å²) in [7, 11) is 0. The number of fused-ring (bicyclic) bond motifs is 3. The largest absolute Gasteiger partial charge is 0.507 e. The molecule has 4 fully saturated rings. The van der Waals surface area contributed by atoms with Gasteiger partial charge >= 0.3 is 0 Å². The smallest absolute Gasteiger partial charge is 0.186 e. The molecule has 0 aliphatic carbocycles. The molecule has 4 saturated heterocycles. The van der Waals surface area contributed by atoms with Crippen LogP contribution < -0.4 is 0 Å². The zero-order valence-electron chi connectivity index (χ0n) is 39.0. The van der Waals surface area contributed by atoms with E-state index >= 15 is 0 Å². The SMILES string of the molecule is CC[C@@H](C)[C@@H](O)[C@@H]1O[C@H]1C[C@H](C)/C=C/C=C(\C)c1cc(O)c2c(c1)oc1ccc(CC[C@@H](C)CO[C@@H]3O[C@@H](C)[C@H](O[C@@H]4CC[C@H](O[C@H]5C[C@@H](O)[C@H](O)[C@@H](C)O5)[C@H](C)O4)[C@@H](O)[C@H]3O)c(O)c12. The van der Waals surface area contributed by atoms with Gasteiger partial charge in [0.05, 0.1) is 60.1 Å². The van der Waals surface area contributed by atoms with Crippen molar-refractivity contribution in [3.63, 3.8) is 0 Å². The van der Waals surface area contributed by atoms with Gasteiger partial charge in [0.2, 0.25) is 0 Å². The zero-order valence-corrected chi connectivity index (χ0v) is 39.0. The van der Waals surface area contributed by atoms with E-state index in [0.29, 0.717) is 53.2 Å². The van der Waals surface area contributed by atoms with Crippen LogP contribution in [0.5, 0.6) is 11.5 Å². The molecule has 18 atom stereocenters. The number of aryl methyl sites for hydroxylation is 1. The summed E-state index contributed by atoms with van der Waals surface area (Å²) in [6.07, 6.45) is -0.0914. The van der Waals surface area contributed by atoms with Crippen molar-refractivity contribution in [2.45, 2.75) is 192 Å². The topological polar surface area (TPSA) is 223 Å². The van der Waals surface area contributed by atoms with Crippen LogP contribution in [0.2, 0.25) is 0 Å². The third kappa shape index (κ3) is 11.6. The molecular weight excluding hydrogens is 841 g/mol. The van der Waals surface area contributed by atoms with Crippen molar-refractivity contribution in [1.29, 1.82) is 0 Å². The van der Waals surface area contributed by atoms with Crippen molar-refractivity contribution in [2.75, 3.05) is 6.61 Å². The van der Waals surface area contributed by atoms with E-state index in [-0.39, 0.29) is 66.7 Å². The van der Waals surface area contributed by atoms with Gasteiger partial charge in [-0.25, -0.2) is 0 Å². The van der Waals surface area contributed by atoms with Gasteiger partial charge in [-0.1, -0.05) is 58.4 Å².